The zero-order valence-electron chi connectivity index (χ0n) is 10.9. The molecule has 0 atom stereocenters. The Morgan fingerprint density at radius 2 is 2.00 bits per heavy atom. The van der Waals surface area contributed by atoms with Crippen LogP contribution in [0.15, 0.2) is 18.2 Å². The Kier molecular flexibility index (Phi) is 4.27. The molecule has 0 heterocycles. The third kappa shape index (κ3) is 3.16. The molecule has 1 aliphatic rings. The average molecular weight is 284 g/mol. The minimum absolute atomic E-state index is 0.0211. The molecule has 0 aromatic heterocycles. The highest BCUT2D eigenvalue weighted by Gasteiger charge is 2.23. The molecule has 5 nitrogen and oxygen atoms in total. The molecule has 0 radical (unpaired) electrons. The maximum absolute atomic E-state index is 10.7. The van der Waals surface area contributed by atoms with Crippen LogP contribution in [-0.4, -0.2) is 24.1 Å². The standard InChI is InChI=1S/C13H18ClN3O2/c1-16(10-4-2-9(15)3-5-10)13-7-6-11(17(18)19)8-12(13)14/h6-10H,2-5,15H2,1H3. The summed E-state index contributed by atoms with van der Waals surface area (Å²) in [6.45, 7) is 0. The summed E-state index contributed by atoms with van der Waals surface area (Å²) >= 11 is 6.15. The Hall–Kier alpha value is -1.33. The van der Waals surface area contributed by atoms with Crippen molar-refractivity contribution < 1.29 is 4.92 Å². The summed E-state index contributed by atoms with van der Waals surface area (Å²) in [4.78, 5) is 12.4. The molecule has 0 bridgehead atoms. The fourth-order valence-corrected chi connectivity index (χ4v) is 2.89. The molecule has 2 rings (SSSR count). The lowest BCUT2D eigenvalue weighted by Gasteiger charge is -2.35. The highest BCUT2D eigenvalue weighted by molar-refractivity contribution is 6.33. The van der Waals surface area contributed by atoms with Crippen LogP contribution >= 0.6 is 11.6 Å². The number of benzene rings is 1. The van der Waals surface area contributed by atoms with Gasteiger partial charge in [-0.2, -0.15) is 0 Å². The van der Waals surface area contributed by atoms with Gasteiger partial charge in [-0.05, 0) is 31.7 Å². The predicted molar refractivity (Wildman–Crippen MR) is 76.7 cm³/mol. The van der Waals surface area contributed by atoms with E-state index in [9.17, 15) is 10.1 Å². The zero-order valence-corrected chi connectivity index (χ0v) is 11.6. The van der Waals surface area contributed by atoms with Gasteiger partial charge in [0.1, 0.15) is 0 Å². The number of hydrogen-bond acceptors (Lipinski definition) is 4. The van der Waals surface area contributed by atoms with Crippen LogP contribution in [0.5, 0.6) is 0 Å². The smallest absolute Gasteiger partial charge is 0.271 e. The lowest BCUT2D eigenvalue weighted by Crippen LogP contribution is -2.38. The molecular weight excluding hydrogens is 266 g/mol. The molecule has 2 N–H and O–H groups in total. The first kappa shape index (κ1) is 14.1. The topological polar surface area (TPSA) is 72.4 Å². The predicted octanol–water partition coefficient (Wildman–Crippen LogP) is 2.95. The second-order valence-electron chi connectivity index (χ2n) is 5.07. The Morgan fingerprint density at radius 3 is 2.53 bits per heavy atom. The maximum Gasteiger partial charge on any atom is 0.271 e. The number of rotatable bonds is 3. The van der Waals surface area contributed by atoms with E-state index < -0.39 is 4.92 Å². The summed E-state index contributed by atoms with van der Waals surface area (Å²) in [6.07, 6.45) is 4.09. The van der Waals surface area contributed by atoms with Gasteiger partial charge in [-0.1, -0.05) is 11.6 Å². The van der Waals surface area contributed by atoms with Crippen molar-refractivity contribution in [3.05, 3.63) is 33.3 Å². The second-order valence-corrected chi connectivity index (χ2v) is 5.48. The monoisotopic (exact) mass is 283 g/mol. The largest absolute Gasteiger partial charge is 0.370 e. The zero-order chi connectivity index (χ0) is 14.0. The van der Waals surface area contributed by atoms with Crippen LogP contribution in [0.25, 0.3) is 0 Å². The molecule has 0 saturated heterocycles. The van der Waals surface area contributed by atoms with E-state index in [0.717, 1.165) is 31.4 Å². The number of nitrogens with two attached hydrogens (primary N) is 1. The molecule has 1 aromatic rings. The molecule has 0 spiro atoms. The number of non-ortho nitro benzene ring substituents is 1. The number of hydrogen-bond donors (Lipinski definition) is 1. The van der Waals surface area contributed by atoms with E-state index in [0.29, 0.717) is 17.1 Å². The van der Waals surface area contributed by atoms with Gasteiger partial charge in [-0.3, -0.25) is 10.1 Å². The van der Waals surface area contributed by atoms with E-state index in [1.165, 1.54) is 12.1 Å². The van der Waals surface area contributed by atoms with Gasteiger partial charge in [0, 0.05) is 31.3 Å². The van der Waals surface area contributed by atoms with Crippen molar-refractivity contribution in [1.82, 2.24) is 0 Å². The summed E-state index contributed by atoms with van der Waals surface area (Å²) in [7, 11) is 1.98. The van der Waals surface area contributed by atoms with Gasteiger partial charge in [-0.15, -0.1) is 0 Å². The number of halogens is 1. The molecule has 19 heavy (non-hydrogen) atoms. The molecule has 1 fully saturated rings. The highest BCUT2D eigenvalue weighted by atomic mass is 35.5. The van der Waals surface area contributed by atoms with Crippen molar-refractivity contribution in [3.8, 4) is 0 Å². The van der Waals surface area contributed by atoms with Crippen molar-refractivity contribution in [2.45, 2.75) is 37.8 Å². The van der Waals surface area contributed by atoms with Crippen molar-refractivity contribution in [2.24, 2.45) is 5.73 Å². The highest BCUT2D eigenvalue weighted by Crippen LogP contribution is 2.33. The lowest BCUT2D eigenvalue weighted by molar-refractivity contribution is -0.384. The maximum atomic E-state index is 10.7. The van der Waals surface area contributed by atoms with E-state index in [1.807, 2.05) is 7.05 Å². The number of anilines is 1. The summed E-state index contributed by atoms with van der Waals surface area (Å²) in [6, 6.07) is 5.32. The van der Waals surface area contributed by atoms with Crippen LogP contribution in [0, 0.1) is 10.1 Å². The lowest BCUT2D eigenvalue weighted by atomic mass is 9.91. The third-order valence-corrected chi connectivity index (χ3v) is 4.11. The SMILES string of the molecule is CN(c1ccc([N+](=O)[O-])cc1Cl)C1CCC(N)CC1. The quantitative estimate of drug-likeness (QED) is 0.684. The summed E-state index contributed by atoms with van der Waals surface area (Å²) < 4.78 is 0. The first-order valence-corrected chi connectivity index (χ1v) is 6.79. The third-order valence-electron chi connectivity index (χ3n) is 3.81. The second kappa shape index (κ2) is 5.75. The van der Waals surface area contributed by atoms with Crippen LogP contribution in [0.1, 0.15) is 25.7 Å². The minimum atomic E-state index is -0.435. The molecule has 0 aliphatic heterocycles. The average Bonchev–Trinajstić information content (AvgIpc) is 2.38. The van der Waals surface area contributed by atoms with E-state index in [2.05, 4.69) is 4.90 Å². The normalized spacial score (nSPS) is 23.1. The molecule has 6 heteroatoms. The minimum Gasteiger partial charge on any atom is -0.370 e. The van der Waals surface area contributed by atoms with Gasteiger partial charge in [0.2, 0.25) is 0 Å². The molecule has 1 aromatic carbocycles. The van der Waals surface area contributed by atoms with Crippen LogP contribution in [0.2, 0.25) is 5.02 Å². The summed E-state index contributed by atoms with van der Waals surface area (Å²) in [5.74, 6) is 0. The van der Waals surface area contributed by atoms with Crippen molar-refractivity contribution in [2.75, 3.05) is 11.9 Å². The van der Waals surface area contributed by atoms with Crippen LogP contribution in [0.3, 0.4) is 0 Å². The number of nitro groups is 1. The molecule has 0 amide bonds. The molecule has 1 aliphatic carbocycles. The van der Waals surface area contributed by atoms with E-state index in [-0.39, 0.29) is 5.69 Å². The fraction of sp³-hybridized carbons (Fsp3) is 0.538. The van der Waals surface area contributed by atoms with Gasteiger partial charge in [0.25, 0.3) is 5.69 Å². The van der Waals surface area contributed by atoms with E-state index in [1.54, 1.807) is 6.07 Å². The van der Waals surface area contributed by atoms with Crippen molar-refractivity contribution in [3.63, 3.8) is 0 Å². The Balaban J connectivity index is 2.15. The van der Waals surface area contributed by atoms with Crippen LogP contribution < -0.4 is 10.6 Å². The summed E-state index contributed by atoms with van der Waals surface area (Å²) in [5.41, 5.74) is 6.76. The Bertz CT molecular complexity index is 473. The van der Waals surface area contributed by atoms with Crippen molar-refractivity contribution >= 4 is 23.0 Å². The van der Waals surface area contributed by atoms with Crippen molar-refractivity contribution in [1.29, 1.82) is 0 Å². The van der Waals surface area contributed by atoms with Gasteiger partial charge < -0.3 is 10.6 Å². The Labute approximate surface area is 117 Å². The molecule has 1 saturated carbocycles. The molecule has 0 unspecified atom stereocenters. The number of nitrogens with zero attached hydrogens (tertiary/aromatic N) is 2. The first-order valence-electron chi connectivity index (χ1n) is 6.41. The van der Waals surface area contributed by atoms with Crippen LogP contribution in [-0.2, 0) is 0 Å². The fourth-order valence-electron chi connectivity index (χ4n) is 2.58. The first-order chi connectivity index (χ1) is 8.99. The molecule has 104 valence electrons. The summed E-state index contributed by atoms with van der Waals surface area (Å²) in [5, 5.41) is 11.1. The van der Waals surface area contributed by atoms with Gasteiger partial charge >= 0.3 is 0 Å². The van der Waals surface area contributed by atoms with Crippen LogP contribution in [0.4, 0.5) is 11.4 Å². The molecular formula is C13H18ClN3O2. The van der Waals surface area contributed by atoms with E-state index in [4.69, 9.17) is 17.3 Å². The van der Waals surface area contributed by atoms with E-state index >= 15 is 0 Å². The number of nitro benzene ring substituents is 1. The van der Waals surface area contributed by atoms with Gasteiger partial charge in [-0.25, -0.2) is 0 Å². The Morgan fingerprint density at radius 1 is 1.37 bits per heavy atom. The van der Waals surface area contributed by atoms with Gasteiger partial charge in [0.15, 0.2) is 0 Å². The van der Waals surface area contributed by atoms with Gasteiger partial charge in [0.05, 0.1) is 15.6 Å².